The molecule has 0 radical (unpaired) electrons. The molecule has 0 fully saturated rings. The van der Waals surface area contributed by atoms with Gasteiger partial charge in [0.1, 0.15) is 12.2 Å². The van der Waals surface area contributed by atoms with E-state index in [4.69, 9.17) is 14.7 Å². The second-order valence-corrected chi connectivity index (χ2v) is 5.41. The molecular weight excluding hydrogens is 242 g/mol. The zero-order valence-electron chi connectivity index (χ0n) is 11.7. The van der Waals surface area contributed by atoms with E-state index >= 15 is 0 Å². The molecule has 0 aliphatic carbocycles. The van der Waals surface area contributed by atoms with Crippen molar-refractivity contribution in [3.05, 3.63) is 35.9 Å². The lowest BCUT2D eigenvalue weighted by atomic mass is 9.90. The number of nitriles is 1. The fraction of sp³-hybridized carbons (Fsp3) is 0.467. The van der Waals surface area contributed by atoms with Crippen LogP contribution >= 0.6 is 0 Å². The first kappa shape index (κ1) is 15.0. The van der Waals surface area contributed by atoms with Gasteiger partial charge in [-0.1, -0.05) is 51.1 Å². The van der Waals surface area contributed by atoms with Crippen molar-refractivity contribution in [3.63, 3.8) is 0 Å². The highest BCUT2D eigenvalue weighted by Crippen LogP contribution is 2.23. The average Bonchev–Trinajstić information content (AvgIpc) is 2.35. The molecule has 0 saturated carbocycles. The van der Waals surface area contributed by atoms with E-state index in [2.05, 4.69) is 0 Å². The number of carbonyl (C=O) groups excluding carboxylic acids is 1. The van der Waals surface area contributed by atoms with Crippen LogP contribution in [0.3, 0.4) is 0 Å². The number of ether oxygens (including phenoxy) is 2. The topological polar surface area (TPSA) is 59.3 Å². The van der Waals surface area contributed by atoms with Gasteiger partial charge in [-0.2, -0.15) is 5.26 Å². The number of rotatable bonds is 3. The molecule has 0 unspecified atom stereocenters. The van der Waals surface area contributed by atoms with E-state index in [1.807, 2.05) is 57.2 Å². The highest BCUT2D eigenvalue weighted by Gasteiger charge is 2.29. The molecular formula is C15H19NO3. The van der Waals surface area contributed by atoms with Crippen molar-refractivity contribution in [1.29, 1.82) is 5.26 Å². The van der Waals surface area contributed by atoms with Crippen molar-refractivity contribution in [2.75, 3.05) is 0 Å². The van der Waals surface area contributed by atoms with E-state index in [9.17, 15) is 4.79 Å². The van der Waals surface area contributed by atoms with Crippen LogP contribution in [0.15, 0.2) is 30.3 Å². The minimum atomic E-state index is -0.831. The van der Waals surface area contributed by atoms with Crippen molar-refractivity contribution in [1.82, 2.24) is 0 Å². The molecule has 0 bridgehead atoms. The lowest BCUT2D eigenvalue weighted by Crippen LogP contribution is -2.30. The molecule has 0 heterocycles. The van der Waals surface area contributed by atoms with E-state index in [1.54, 1.807) is 6.92 Å². The molecule has 1 aromatic carbocycles. The molecule has 0 aliphatic heterocycles. The molecule has 0 spiro atoms. The third kappa shape index (κ3) is 4.63. The van der Waals surface area contributed by atoms with Gasteiger partial charge >= 0.3 is 6.16 Å². The van der Waals surface area contributed by atoms with Crippen molar-refractivity contribution in [3.8, 4) is 6.07 Å². The Labute approximate surface area is 113 Å². The van der Waals surface area contributed by atoms with Crippen molar-refractivity contribution >= 4 is 6.16 Å². The van der Waals surface area contributed by atoms with Gasteiger partial charge in [-0.3, -0.25) is 0 Å². The lowest BCUT2D eigenvalue weighted by molar-refractivity contribution is -0.0110. The molecule has 2 atom stereocenters. The molecule has 1 rings (SSSR count). The van der Waals surface area contributed by atoms with E-state index in [-0.39, 0.29) is 0 Å². The van der Waals surface area contributed by atoms with Gasteiger partial charge in [0, 0.05) is 5.41 Å². The number of hydrogen-bond acceptors (Lipinski definition) is 4. The van der Waals surface area contributed by atoms with Crippen molar-refractivity contribution < 1.29 is 14.3 Å². The summed E-state index contributed by atoms with van der Waals surface area (Å²) in [5.74, 6) is 0. The molecule has 0 saturated heterocycles. The molecule has 0 N–H and O–H groups in total. The van der Waals surface area contributed by atoms with Crippen LogP contribution in [0.1, 0.15) is 39.4 Å². The van der Waals surface area contributed by atoms with Crippen LogP contribution in [0, 0.1) is 16.7 Å². The van der Waals surface area contributed by atoms with Crippen LogP contribution in [0.4, 0.5) is 4.79 Å². The van der Waals surface area contributed by atoms with Crippen LogP contribution in [-0.2, 0) is 9.47 Å². The molecule has 0 aliphatic rings. The average molecular weight is 261 g/mol. The summed E-state index contributed by atoms with van der Waals surface area (Å²) in [6, 6.07) is 11.3. The Morgan fingerprint density at radius 3 is 2.26 bits per heavy atom. The Hall–Kier alpha value is -2.02. The molecule has 102 valence electrons. The van der Waals surface area contributed by atoms with Gasteiger partial charge in [-0.15, -0.1) is 0 Å². The molecule has 0 amide bonds. The number of nitrogens with zero attached hydrogens (tertiary/aromatic N) is 1. The van der Waals surface area contributed by atoms with Crippen LogP contribution in [0.2, 0.25) is 0 Å². The summed E-state index contributed by atoms with van der Waals surface area (Å²) in [7, 11) is 0. The first-order valence-corrected chi connectivity index (χ1v) is 6.16. The monoisotopic (exact) mass is 261 g/mol. The van der Waals surface area contributed by atoms with Crippen LogP contribution in [-0.4, -0.2) is 12.3 Å². The standard InChI is InChI=1S/C15H19NO3/c1-11(12-8-6-5-7-9-12)18-14(17)19-13(10-16)15(2,3)4/h5-9,11,13H,1-4H3/t11-,13+/m1/s1. The third-order valence-corrected chi connectivity index (χ3v) is 2.66. The summed E-state index contributed by atoms with van der Waals surface area (Å²) < 4.78 is 10.2. The first-order chi connectivity index (χ1) is 8.84. The Morgan fingerprint density at radius 1 is 1.21 bits per heavy atom. The summed E-state index contributed by atoms with van der Waals surface area (Å²) >= 11 is 0. The quantitative estimate of drug-likeness (QED) is 0.776. The van der Waals surface area contributed by atoms with Crippen molar-refractivity contribution in [2.24, 2.45) is 5.41 Å². The van der Waals surface area contributed by atoms with Crippen LogP contribution in [0.5, 0.6) is 0 Å². The SMILES string of the molecule is C[C@@H](OC(=O)O[C@@H](C#N)C(C)(C)C)c1ccccc1. The second-order valence-electron chi connectivity index (χ2n) is 5.41. The van der Waals surface area contributed by atoms with Gasteiger partial charge in [-0.05, 0) is 12.5 Å². The van der Waals surface area contributed by atoms with E-state index < -0.39 is 23.8 Å². The predicted molar refractivity (Wildman–Crippen MR) is 71.3 cm³/mol. The fourth-order valence-corrected chi connectivity index (χ4v) is 1.46. The first-order valence-electron chi connectivity index (χ1n) is 6.16. The van der Waals surface area contributed by atoms with E-state index in [1.165, 1.54) is 0 Å². The minimum absolute atomic E-state index is 0.409. The maximum Gasteiger partial charge on any atom is 0.510 e. The maximum atomic E-state index is 11.6. The Bertz CT molecular complexity index is 457. The van der Waals surface area contributed by atoms with Crippen LogP contribution < -0.4 is 0 Å². The summed E-state index contributed by atoms with van der Waals surface area (Å²) in [6.07, 6.45) is -2.06. The van der Waals surface area contributed by atoms with Crippen LogP contribution in [0.25, 0.3) is 0 Å². The minimum Gasteiger partial charge on any atom is -0.426 e. The summed E-state index contributed by atoms with van der Waals surface area (Å²) in [5.41, 5.74) is 0.438. The molecule has 0 aromatic heterocycles. The Kier molecular flexibility index (Phi) is 4.94. The van der Waals surface area contributed by atoms with Gasteiger partial charge in [0.2, 0.25) is 0 Å². The summed E-state index contributed by atoms with van der Waals surface area (Å²) in [5, 5.41) is 8.98. The zero-order chi connectivity index (χ0) is 14.5. The second kappa shape index (κ2) is 6.24. The fourth-order valence-electron chi connectivity index (χ4n) is 1.46. The largest absolute Gasteiger partial charge is 0.510 e. The van der Waals surface area contributed by atoms with E-state index in [0.29, 0.717) is 0 Å². The Morgan fingerprint density at radius 2 is 1.79 bits per heavy atom. The van der Waals surface area contributed by atoms with Crippen molar-refractivity contribution in [2.45, 2.75) is 39.9 Å². The predicted octanol–water partition coefficient (Wildman–Crippen LogP) is 3.84. The lowest BCUT2D eigenvalue weighted by Gasteiger charge is -2.24. The van der Waals surface area contributed by atoms with Gasteiger partial charge in [-0.25, -0.2) is 4.79 Å². The molecule has 19 heavy (non-hydrogen) atoms. The molecule has 4 heteroatoms. The number of hydrogen-bond donors (Lipinski definition) is 0. The highest BCUT2D eigenvalue weighted by molar-refractivity contribution is 5.61. The third-order valence-electron chi connectivity index (χ3n) is 2.66. The van der Waals surface area contributed by atoms with E-state index in [0.717, 1.165) is 5.56 Å². The smallest absolute Gasteiger partial charge is 0.426 e. The Balaban J connectivity index is 2.59. The molecule has 4 nitrogen and oxygen atoms in total. The van der Waals surface area contributed by atoms with Gasteiger partial charge < -0.3 is 9.47 Å². The number of benzene rings is 1. The maximum absolute atomic E-state index is 11.6. The molecule has 1 aromatic rings. The van der Waals surface area contributed by atoms with Gasteiger partial charge in [0.05, 0.1) is 0 Å². The van der Waals surface area contributed by atoms with Gasteiger partial charge in [0.15, 0.2) is 6.10 Å². The normalized spacial score (nSPS) is 14.1. The summed E-state index contributed by atoms with van der Waals surface area (Å²) in [6.45, 7) is 7.24. The number of carbonyl (C=O) groups is 1. The summed E-state index contributed by atoms with van der Waals surface area (Å²) in [4.78, 5) is 11.6. The highest BCUT2D eigenvalue weighted by atomic mass is 16.7. The van der Waals surface area contributed by atoms with Gasteiger partial charge in [0.25, 0.3) is 0 Å². The zero-order valence-corrected chi connectivity index (χ0v) is 11.7.